The second-order valence-corrected chi connectivity index (χ2v) is 9.62. The van der Waals surface area contributed by atoms with Crippen molar-refractivity contribution in [1.29, 1.82) is 0 Å². The molecule has 1 unspecified atom stereocenters. The number of anilines is 1. The molecule has 138 valence electrons. The van der Waals surface area contributed by atoms with Gasteiger partial charge in [-0.25, -0.2) is 8.42 Å². The minimum atomic E-state index is -3.56. The number of hydrogen-bond donors (Lipinski definition) is 0. The lowest BCUT2D eigenvalue weighted by atomic mass is 10.0. The minimum Gasteiger partial charge on any atom is -0.312 e. The van der Waals surface area contributed by atoms with Gasteiger partial charge in [0.25, 0.3) is 0 Å². The van der Waals surface area contributed by atoms with Crippen LogP contribution in [-0.4, -0.2) is 31.7 Å². The van der Waals surface area contributed by atoms with Gasteiger partial charge in [0, 0.05) is 30.1 Å². The van der Waals surface area contributed by atoms with E-state index in [1.54, 1.807) is 44.8 Å². The first-order valence-electron chi connectivity index (χ1n) is 9.01. The number of hydrogen-bond acceptors (Lipinski definition) is 4. The Hall–Kier alpha value is -1.70. The van der Waals surface area contributed by atoms with Gasteiger partial charge in [0.1, 0.15) is 0 Å². The van der Waals surface area contributed by atoms with Crippen molar-refractivity contribution in [3.05, 3.63) is 46.2 Å². The van der Waals surface area contributed by atoms with Crippen LogP contribution >= 0.6 is 11.3 Å². The number of thiophene rings is 1. The number of carbonyl (C=O) groups is 1. The highest BCUT2D eigenvalue weighted by Crippen LogP contribution is 2.38. The SMILES string of the molecule is CCC1c2ccsc2CCN1S(=O)(=O)c1ccc(N2CCCC2=O)cc1. The van der Waals surface area contributed by atoms with Gasteiger partial charge in [-0.15, -0.1) is 11.3 Å². The van der Waals surface area contributed by atoms with Crippen LogP contribution in [0.15, 0.2) is 40.6 Å². The average molecular weight is 391 g/mol. The van der Waals surface area contributed by atoms with Crippen molar-refractivity contribution in [2.45, 2.75) is 43.5 Å². The van der Waals surface area contributed by atoms with Crippen molar-refractivity contribution in [2.24, 2.45) is 0 Å². The van der Waals surface area contributed by atoms with Crippen molar-refractivity contribution in [3.63, 3.8) is 0 Å². The van der Waals surface area contributed by atoms with Crippen LogP contribution in [0, 0.1) is 0 Å². The highest BCUT2D eigenvalue weighted by atomic mass is 32.2. The lowest BCUT2D eigenvalue weighted by molar-refractivity contribution is -0.117. The van der Waals surface area contributed by atoms with E-state index in [2.05, 4.69) is 6.07 Å². The van der Waals surface area contributed by atoms with Crippen LogP contribution in [0.5, 0.6) is 0 Å². The molecule has 1 fully saturated rings. The summed E-state index contributed by atoms with van der Waals surface area (Å²) >= 11 is 1.71. The number of sulfonamides is 1. The highest BCUT2D eigenvalue weighted by Gasteiger charge is 2.36. The van der Waals surface area contributed by atoms with E-state index in [1.165, 1.54) is 4.88 Å². The molecule has 4 rings (SSSR count). The van der Waals surface area contributed by atoms with Crippen LogP contribution in [0.4, 0.5) is 5.69 Å². The number of amides is 1. The van der Waals surface area contributed by atoms with Gasteiger partial charge >= 0.3 is 0 Å². The van der Waals surface area contributed by atoms with E-state index in [0.29, 0.717) is 24.4 Å². The molecule has 2 aliphatic rings. The van der Waals surface area contributed by atoms with Crippen molar-refractivity contribution in [2.75, 3.05) is 18.0 Å². The summed E-state index contributed by atoms with van der Waals surface area (Å²) in [5.41, 5.74) is 1.92. The molecule has 1 aromatic heterocycles. The van der Waals surface area contributed by atoms with Gasteiger partial charge in [-0.3, -0.25) is 4.79 Å². The standard InChI is InChI=1S/C19H22N2O3S2/c1-2-17-16-10-13-25-18(16)9-12-21(17)26(23,24)15-7-5-14(6-8-15)20-11-3-4-19(20)22/h5-8,10,13,17H,2-4,9,11-12H2,1H3. The van der Waals surface area contributed by atoms with Crippen LogP contribution in [-0.2, 0) is 21.2 Å². The molecule has 1 aromatic carbocycles. The Labute approximate surface area is 158 Å². The quantitative estimate of drug-likeness (QED) is 0.802. The fourth-order valence-corrected chi connectivity index (χ4v) is 6.55. The molecular formula is C19H22N2O3S2. The second kappa shape index (κ2) is 6.79. The Balaban J connectivity index is 1.63. The molecular weight excluding hydrogens is 368 g/mol. The smallest absolute Gasteiger partial charge is 0.243 e. The maximum Gasteiger partial charge on any atom is 0.243 e. The molecule has 1 saturated heterocycles. The van der Waals surface area contributed by atoms with Gasteiger partial charge in [-0.2, -0.15) is 4.31 Å². The molecule has 0 bridgehead atoms. The molecule has 0 saturated carbocycles. The van der Waals surface area contributed by atoms with E-state index in [0.717, 1.165) is 30.5 Å². The zero-order valence-electron chi connectivity index (χ0n) is 14.7. The number of rotatable bonds is 4. The van der Waals surface area contributed by atoms with Crippen molar-refractivity contribution in [1.82, 2.24) is 4.31 Å². The number of fused-ring (bicyclic) bond motifs is 1. The number of nitrogens with zero attached hydrogens (tertiary/aromatic N) is 2. The molecule has 26 heavy (non-hydrogen) atoms. The molecule has 0 radical (unpaired) electrons. The molecule has 5 nitrogen and oxygen atoms in total. The first-order chi connectivity index (χ1) is 12.5. The number of benzene rings is 1. The molecule has 0 aliphatic carbocycles. The molecule has 1 atom stereocenters. The maximum absolute atomic E-state index is 13.2. The highest BCUT2D eigenvalue weighted by molar-refractivity contribution is 7.89. The van der Waals surface area contributed by atoms with E-state index in [-0.39, 0.29) is 11.9 Å². The summed E-state index contributed by atoms with van der Waals surface area (Å²) in [5, 5.41) is 2.05. The van der Waals surface area contributed by atoms with Gasteiger partial charge in [0.05, 0.1) is 10.9 Å². The fraction of sp³-hybridized carbons (Fsp3) is 0.421. The van der Waals surface area contributed by atoms with Crippen LogP contribution in [0.3, 0.4) is 0 Å². The largest absolute Gasteiger partial charge is 0.312 e. The van der Waals surface area contributed by atoms with E-state index >= 15 is 0 Å². The third-order valence-corrected chi connectivity index (χ3v) is 8.18. The molecule has 1 amide bonds. The van der Waals surface area contributed by atoms with E-state index < -0.39 is 10.0 Å². The summed E-state index contributed by atoms with van der Waals surface area (Å²) in [7, 11) is -3.56. The zero-order chi connectivity index (χ0) is 18.3. The molecule has 2 aromatic rings. The molecule has 2 aliphatic heterocycles. The van der Waals surface area contributed by atoms with Gasteiger partial charge < -0.3 is 4.90 Å². The van der Waals surface area contributed by atoms with Gasteiger partial charge in [0.15, 0.2) is 0 Å². The van der Waals surface area contributed by atoms with Crippen molar-refractivity contribution in [3.8, 4) is 0 Å². The summed E-state index contributed by atoms with van der Waals surface area (Å²) in [6.07, 6.45) is 2.94. The van der Waals surface area contributed by atoms with Gasteiger partial charge in [-0.05, 0) is 60.5 Å². The topological polar surface area (TPSA) is 57.7 Å². The summed E-state index contributed by atoms with van der Waals surface area (Å²) in [5.74, 6) is 0.104. The van der Waals surface area contributed by atoms with Crippen LogP contribution in [0.2, 0.25) is 0 Å². The van der Waals surface area contributed by atoms with Crippen LogP contribution in [0.25, 0.3) is 0 Å². The number of carbonyl (C=O) groups excluding carboxylic acids is 1. The molecule has 7 heteroatoms. The first kappa shape index (κ1) is 17.7. The van der Waals surface area contributed by atoms with Gasteiger partial charge in [-0.1, -0.05) is 6.92 Å². The minimum absolute atomic E-state index is 0.102. The Bertz CT molecular complexity index is 919. The summed E-state index contributed by atoms with van der Waals surface area (Å²) in [6.45, 7) is 3.25. The van der Waals surface area contributed by atoms with Crippen LogP contribution < -0.4 is 4.90 Å². The van der Waals surface area contributed by atoms with Crippen molar-refractivity contribution >= 4 is 33.0 Å². The monoisotopic (exact) mass is 390 g/mol. The normalized spacial score (nSPS) is 21.2. The lowest BCUT2D eigenvalue weighted by Crippen LogP contribution is -2.39. The zero-order valence-corrected chi connectivity index (χ0v) is 16.4. The lowest BCUT2D eigenvalue weighted by Gasteiger charge is -2.34. The molecule has 0 N–H and O–H groups in total. The Morgan fingerprint density at radius 2 is 1.88 bits per heavy atom. The summed E-state index contributed by atoms with van der Waals surface area (Å²) in [6, 6.07) is 8.71. The Kier molecular flexibility index (Phi) is 4.62. The van der Waals surface area contributed by atoms with Gasteiger partial charge in [0.2, 0.25) is 15.9 Å². The van der Waals surface area contributed by atoms with Crippen LogP contribution in [0.1, 0.15) is 42.7 Å². The van der Waals surface area contributed by atoms with E-state index in [9.17, 15) is 13.2 Å². The van der Waals surface area contributed by atoms with E-state index in [4.69, 9.17) is 0 Å². The molecule has 3 heterocycles. The van der Waals surface area contributed by atoms with E-state index in [1.807, 2.05) is 12.3 Å². The maximum atomic E-state index is 13.2. The Morgan fingerprint density at radius 1 is 1.12 bits per heavy atom. The molecule has 0 spiro atoms. The third-order valence-electron chi connectivity index (χ3n) is 5.26. The summed E-state index contributed by atoms with van der Waals surface area (Å²) < 4.78 is 28.1. The Morgan fingerprint density at radius 3 is 2.54 bits per heavy atom. The summed E-state index contributed by atoms with van der Waals surface area (Å²) in [4.78, 5) is 15.2. The third kappa shape index (κ3) is 2.88. The van der Waals surface area contributed by atoms with Crippen molar-refractivity contribution < 1.29 is 13.2 Å². The second-order valence-electron chi connectivity index (χ2n) is 6.73. The fourth-order valence-electron chi connectivity index (χ4n) is 3.94. The predicted molar refractivity (Wildman–Crippen MR) is 103 cm³/mol. The predicted octanol–water partition coefficient (Wildman–Crippen LogP) is 3.57. The average Bonchev–Trinajstić information content (AvgIpc) is 3.29. The first-order valence-corrected chi connectivity index (χ1v) is 11.3.